The summed E-state index contributed by atoms with van der Waals surface area (Å²) in [5, 5.41) is 81.8. The second-order valence-corrected chi connectivity index (χ2v) is 31.9. The van der Waals surface area contributed by atoms with E-state index in [1.807, 2.05) is 58.2 Å². The first-order valence-corrected chi connectivity index (χ1v) is 42.1. The van der Waals surface area contributed by atoms with Crippen LogP contribution in [0.5, 0.6) is 23.0 Å². The SMILES string of the molecule is CCCc1ccc(O)c(C(=O)Nc2ccc(C(=O)O)cc2Cl)c1.COC(=O)c1ccc(NC(=O)c2cc(CC(C)C)ccc2O)cc1.COC(=O)c1ccc(NC(=O)c2cc(I)ccc2O)c(Cl)c1.COC(=O)c1ccc(NC(=O)c2ccc[nH]c2=O)c(Cl)c1.O=C(O)c1ccc(NC(=O)c2cc(I)ccc2O)c(Cl)c1.O=C(O)c1ccc(NC(=O)c2ccc[nH]c2=O)c(Cl)c1. The molecule has 12 aromatic rings. The molecule has 0 bridgehead atoms. The summed E-state index contributed by atoms with van der Waals surface area (Å²) in [6.07, 6.45) is 5.39. The second-order valence-electron chi connectivity index (χ2n) is 27.4. The number of carbonyl (C=O) groups is 12. The van der Waals surface area contributed by atoms with Crippen LogP contribution in [0, 0.1) is 13.1 Å². The van der Waals surface area contributed by atoms with Crippen molar-refractivity contribution in [2.75, 3.05) is 53.2 Å². The van der Waals surface area contributed by atoms with Crippen molar-refractivity contribution < 1.29 is 107 Å². The lowest BCUT2D eigenvalue weighted by Gasteiger charge is -2.10. The quantitative estimate of drug-likeness (QED) is 0.0170. The van der Waals surface area contributed by atoms with Crippen LogP contribution < -0.4 is 43.0 Å². The number of hydrogen-bond donors (Lipinski definition) is 15. The lowest BCUT2D eigenvalue weighted by atomic mass is 10.00. The third-order valence-electron chi connectivity index (χ3n) is 17.6. The Morgan fingerprint density at radius 1 is 0.344 bits per heavy atom. The number of aromatic hydroxyl groups is 4. The zero-order chi connectivity index (χ0) is 96.6. The molecule has 39 heteroatoms. The van der Waals surface area contributed by atoms with Gasteiger partial charge in [0.15, 0.2) is 0 Å². The summed E-state index contributed by atoms with van der Waals surface area (Å²) in [4.78, 5) is 167. The predicted octanol–water partition coefficient (Wildman–Crippen LogP) is 18.9. The van der Waals surface area contributed by atoms with Gasteiger partial charge in [-0.15, -0.1) is 0 Å². The Hall–Kier alpha value is -14.2. The van der Waals surface area contributed by atoms with Gasteiger partial charge in [-0.2, -0.15) is 0 Å². The first-order chi connectivity index (χ1) is 62.1. The van der Waals surface area contributed by atoms with Gasteiger partial charge in [-0.3, -0.25) is 38.4 Å². The molecule has 0 fully saturated rings. The standard InChI is InChI=1S/C19H21NO4.C17H16ClNO4.C15H11ClINO4.C14H9ClINO4.C14H11ClN2O4.C13H9ClN2O4/c1-12(2)10-13-4-9-17(21)16(11-13)18(22)20-15-7-5-14(6-8-15)19(23)24-3;1-2-3-10-4-7-15(20)12(8-10)16(21)19-14-6-5-11(17(22)23)9-13(14)18;1-22-15(21)8-2-4-12(11(16)6-8)18-14(20)10-7-9(17)3-5-13(10)19;15-10-5-7(14(20)21)1-3-11(10)17-13(19)9-6-8(16)2-4-12(9)18;1-21-14(20)8-4-5-11(10(15)7-8)17-13(19)9-3-2-6-16-12(9)18;14-9-6-7(13(19)20)3-4-10(9)16-12(18)8-2-1-5-15-11(8)17/h4-9,11-12,21H,10H2,1-3H3,(H,20,22);4-9,20H,2-3H2,1H3,(H,19,21)(H,22,23);2-7,19H,1H3,(H,18,20);1-6,18H,(H,17,19)(H,20,21);2-7H,1H3,(H,16,18)(H,17,19);1-6H,(H,15,17)(H,16,18)(H,19,20). The van der Waals surface area contributed by atoms with E-state index >= 15 is 0 Å². The molecule has 2 aromatic heterocycles. The number of benzene rings is 10. The van der Waals surface area contributed by atoms with E-state index in [2.05, 4.69) is 69.9 Å². The van der Waals surface area contributed by atoms with Gasteiger partial charge in [0.2, 0.25) is 0 Å². The van der Waals surface area contributed by atoms with Crippen molar-refractivity contribution in [1.82, 2.24) is 9.97 Å². The molecule has 0 aliphatic rings. The zero-order valence-corrected chi connectivity index (χ0v) is 77.4. The summed E-state index contributed by atoms with van der Waals surface area (Å²) in [6.45, 7) is 6.21. The molecule has 12 rings (SSSR count). The van der Waals surface area contributed by atoms with Gasteiger partial charge >= 0.3 is 35.8 Å². The van der Waals surface area contributed by atoms with E-state index in [-0.39, 0.29) is 132 Å². The number of carboxylic acids is 3. The van der Waals surface area contributed by atoms with Crippen molar-refractivity contribution >= 4 is 209 Å². The Morgan fingerprint density at radius 2 is 0.618 bits per heavy atom. The highest BCUT2D eigenvalue weighted by atomic mass is 127. The highest BCUT2D eigenvalue weighted by Gasteiger charge is 2.23. The number of carboxylic acid groups (broad SMARTS) is 3. The summed E-state index contributed by atoms with van der Waals surface area (Å²) in [6, 6.07) is 52.0. The van der Waals surface area contributed by atoms with Gasteiger partial charge in [0.1, 0.15) is 34.1 Å². The minimum Gasteiger partial charge on any atom is -0.507 e. The molecule has 6 amide bonds. The number of aromatic nitrogens is 2. The molecule has 32 nitrogen and oxygen atoms in total. The smallest absolute Gasteiger partial charge is 0.337 e. The van der Waals surface area contributed by atoms with Crippen LogP contribution in [-0.4, -0.2) is 138 Å². The van der Waals surface area contributed by atoms with Crippen LogP contribution in [0.15, 0.2) is 234 Å². The third-order valence-corrected chi connectivity index (χ3v) is 20.5. The Morgan fingerprint density at radius 3 is 0.924 bits per heavy atom. The number of anilines is 6. The van der Waals surface area contributed by atoms with E-state index < -0.39 is 82.4 Å². The average Bonchev–Trinajstić information content (AvgIpc) is 0.839. The Kier molecular flexibility index (Phi) is 39.6. The first kappa shape index (κ1) is 104. The number of aromatic amines is 2. The summed E-state index contributed by atoms with van der Waals surface area (Å²) < 4.78 is 15.4. The monoisotopic (exact) mass is 2110 g/mol. The highest BCUT2D eigenvalue weighted by Crippen LogP contribution is 2.33. The summed E-state index contributed by atoms with van der Waals surface area (Å²) >= 11 is 33.9. The maximum atomic E-state index is 12.4. The fourth-order valence-corrected chi connectivity index (χ4v) is 13.2. The summed E-state index contributed by atoms with van der Waals surface area (Å²) in [7, 11) is 3.84. The van der Waals surface area contributed by atoms with E-state index in [4.69, 9.17) is 73.3 Å². The van der Waals surface area contributed by atoms with Gasteiger partial charge in [0.05, 0.1) is 131 Å². The van der Waals surface area contributed by atoms with Gasteiger partial charge < -0.3 is 91.8 Å². The van der Waals surface area contributed by atoms with Gasteiger partial charge in [0, 0.05) is 25.2 Å². The number of nitrogens with one attached hydrogen (secondary N) is 8. The van der Waals surface area contributed by atoms with Crippen LogP contribution in [-0.2, 0) is 27.1 Å². The van der Waals surface area contributed by atoms with Crippen molar-refractivity contribution in [1.29, 1.82) is 0 Å². The molecule has 0 radical (unpaired) electrons. The topological polar surface area (TPSA) is 512 Å². The van der Waals surface area contributed by atoms with E-state index in [9.17, 15) is 87.5 Å². The number of esters is 3. The van der Waals surface area contributed by atoms with E-state index in [1.165, 1.54) is 179 Å². The van der Waals surface area contributed by atoms with Crippen LogP contribution in [0.1, 0.15) is 163 Å². The Bertz CT molecular complexity index is 6450. The molecule has 0 saturated carbocycles. The van der Waals surface area contributed by atoms with Gasteiger partial charge in [-0.05, 0) is 275 Å². The number of phenolic OH excluding ortho intramolecular Hbond substituents is 4. The molecular formula is C92H77Cl5I2N8O24. The molecule has 10 aromatic carbocycles. The molecule has 0 spiro atoms. The molecule has 0 atom stereocenters. The number of ether oxygens (including phenoxy) is 3. The Labute approximate surface area is 797 Å². The number of rotatable bonds is 22. The van der Waals surface area contributed by atoms with Gasteiger partial charge in [-0.1, -0.05) is 97.3 Å². The van der Waals surface area contributed by atoms with Crippen LogP contribution >= 0.6 is 103 Å². The van der Waals surface area contributed by atoms with Gasteiger partial charge in [0.25, 0.3) is 46.6 Å². The summed E-state index contributed by atoms with van der Waals surface area (Å²) in [5.41, 5.74) is 4.36. The van der Waals surface area contributed by atoms with E-state index in [0.717, 1.165) is 37.5 Å². The van der Waals surface area contributed by atoms with Crippen LogP contribution in [0.2, 0.25) is 25.1 Å². The van der Waals surface area contributed by atoms with Crippen LogP contribution in [0.25, 0.3) is 0 Å². The predicted molar refractivity (Wildman–Crippen MR) is 511 cm³/mol. The van der Waals surface area contributed by atoms with Crippen LogP contribution in [0.3, 0.4) is 0 Å². The number of aryl methyl sites for hydroxylation is 1. The van der Waals surface area contributed by atoms with Crippen molar-refractivity contribution in [3.63, 3.8) is 0 Å². The lowest BCUT2D eigenvalue weighted by Crippen LogP contribution is -2.22. The molecule has 678 valence electrons. The van der Waals surface area contributed by atoms with Crippen molar-refractivity contribution in [3.8, 4) is 23.0 Å². The first-order valence-electron chi connectivity index (χ1n) is 38.0. The molecule has 131 heavy (non-hydrogen) atoms. The zero-order valence-electron chi connectivity index (χ0n) is 69.3. The molecule has 0 aliphatic carbocycles. The number of amides is 6. The largest absolute Gasteiger partial charge is 0.507 e. The van der Waals surface area contributed by atoms with Crippen molar-refractivity contribution in [3.05, 3.63) is 356 Å². The minimum atomic E-state index is -1.12. The lowest BCUT2D eigenvalue weighted by molar-refractivity contribution is 0.0592. The molecule has 2 heterocycles. The number of pyridine rings is 2. The van der Waals surface area contributed by atoms with E-state index in [0.29, 0.717) is 22.9 Å². The maximum Gasteiger partial charge on any atom is 0.337 e. The number of hydrogen-bond acceptors (Lipinski definition) is 21. The number of phenols is 4. The van der Waals surface area contributed by atoms with Crippen LogP contribution in [0.4, 0.5) is 34.1 Å². The summed E-state index contributed by atoms with van der Waals surface area (Å²) in [5.74, 6) is -7.98. The Balaban J connectivity index is 0.000000215. The molecule has 0 aliphatic heterocycles. The number of carbonyl (C=O) groups excluding carboxylic acids is 9. The minimum absolute atomic E-state index is 0.00515. The van der Waals surface area contributed by atoms with Crippen molar-refractivity contribution in [2.45, 2.75) is 40.0 Å². The van der Waals surface area contributed by atoms with Gasteiger partial charge in [-0.25, -0.2) is 28.8 Å². The number of aromatic carboxylic acids is 3. The second kappa shape index (κ2) is 50.0. The van der Waals surface area contributed by atoms with Crippen molar-refractivity contribution in [2.24, 2.45) is 5.92 Å². The fraction of sp³-hybridized carbons (Fsp3) is 0.109. The fourth-order valence-electron chi connectivity index (χ4n) is 11.1. The number of H-pyrrole nitrogens is 2. The number of methoxy groups -OCH3 is 3. The molecule has 0 saturated heterocycles. The molecule has 0 unspecified atom stereocenters. The highest BCUT2D eigenvalue weighted by molar-refractivity contribution is 14.1. The number of halogens is 7. The average molecular weight is 2110 g/mol. The maximum absolute atomic E-state index is 12.4. The normalized spacial score (nSPS) is 10.2. The molecule has 15 N–H and O–H groups in total. The van der Waals surface area contributed by atoms with E-state index in [1.54, 1.807) is 60.7 Å². The third kappa shape index (κ3) is 31.1. The molecular weight excluding hydrogens is 2030 g/mol.